The number of rotatable bonds is 2. The van der Waals surface area contributed by atoms with Crippen molar-refractivity contribution >= 4 is 52.4 Å². The molecule has 1 aromatic carbocycles. The molecule has 1 atom stereocenters. The summed E-state index contributed by atoms with van der Waals surface area (Å²) >= 11 is 18.0. The number of nitrogens with zero attached hydrogens (tertiary/aromatic N) is 2. The molecule has 6 nitrogen and oxygen atoms in total. The Bertz CT molecular complexity index is 649. The Hall–Kier alpha value is -1.21. The van der Waals surface area contributed by atoms with E-state index in [0.717, 1.165) is 12.8 Å². The first kappa shape index (κ1) is 18.6. The molecule has 0 saturated carbocycles. The van der Waals surface area contributed by atoms with E-state index in [9.17, 15) is 9.59 Å². The van der Waals surface area contributed by atoms with Gasteiger partial charge >= 0.3 is 6.03 Å². The van der Waals surface area contributed by atoms with E-state index >= 15 is 0 Å². The van der Waals surface area contributed by atoms with Gasteiger partial charge in [-0.25, -0.2) is 4.79 Å². The number of halogens is 3. The van der Waals surface area contributed by atoms with E-state index in [1.54, 1.807) is 9.80 Å². The predicted molar refractivity (Wildman–Crippen MR) is 97.6 cm³/mol. The maximum absolute atomic E-state index is 12.4. The fourth-order valence-corrected chi connectivity index (χ4v) is 3.87. The second-order valence-corrected chi connectivity index (χ2v) is 7.24. The number of ether oxygens (including phenoxy) is 1. The Balaban J connectivity index is 1.56. The average molecular weight is 407 g/mol. The number of amides is 3. The molecule has 0 spiro atoms. The maximum atomic E-state index is 12.4. The van der Waals surface area contributed by atoms with Gasteiger partial charge in [-0.05, 0) is 25.0 Å². The van der Waals surface area contributed by atoms with Crippen LogP contribution in [0.15, 0.2) is 12.1 Å². The second-order valence-electron chi connectivity index (χ2n) is 5.99. The van der Waals surface area contributed by atoms with Crippen LogP contribution in [-0.2, 0) is 9.53 Å². The Morgan fingerprint density at radius 2 is 1.64 bits per heavy atom. The van der Waals surface area contributed by atoms with Gasteiger partial charge < -0.3 is 19.9 Å². The Kier molecular flexibility index (Phi) is 5.94. The fourth-order valence-electron chi connectivity index (χ4n) is 2.95. The summed E-state index contributed by atoms with van der Waals surface area (Å²) in [6, 6.07) is 2.72. The molecule has 0 aliphatic carbocycles. The van der Waals surface area contributed by atoms with Crippen LogP contribution in [0.4, 0.5) is 10.5 Å². The Morgan fingerprint density at radius 1 is 1.04 bits per heavy atom. The highest BCUT2D eigenvalue weighted by Crippen LogP contribution is 2.33. The van der Waals surface area contributed by atoms with Crippen LogP contribution in [0.25, 0.3) is 0 Å². The van der Waals surface area contributed by atoms with Crippen molar-refractivity contribution in [3.8, 4) is 0 Å². The Labute approximate surface area is 160 Å². The minimum Gasteiger partial charge on any atom is -0.368 e. The van der Waals surface area contributed by atoms with Crippen molar-refractivity contribution in [2.75, 3.05) is 38.1 Å². The van der Waals surface area contributed by atoms with Crippen LogP contribution in [0.3, 0.4) is 0 Å². The van der Waals surface area contributed by atoms with Crippen LogP contribution < -0.4 is 5.32 Å². The molecule has 2 aliphatic rings. The summed E-state index contributed by atoms with van der Waals surface area (Å²) in [5.41, 5.74) is 0.329. The molecule has 9 heteroatoms. The third-order valence-corrected chi connectivity index (χ3v) is 5.14. The number of carbonyl (C=O) groups excluding carboxylic acids is 2. The summed E-state index contributed by atoms with van der Waals surface area (Å²) < 4.78 is 5.43. The molecule has 2 fully saturated rings. The van der Waals surface area contributed by atoms with Crippen molar-refractivity contribution in [3.63, 3.8) is 0 Å². The molecule has 3 rings (SSSR count). The lowest BCUT2D eigenvalue weighted by molar-refractivity contribution is -0.142. The third-order valence-electron chi connectivity index (χ3n) is 4.32. The topological polar surface area (TPSA) is 61.9 Å². The van der Waals surface area contributed by atoms with Crippen LogP contribution >= 0.6 is 34.8 Å². The molecule has 2 saturated heterocycles. The molecule has 2 aliphatic heterocycles. The molecular weight excluding hydrogens is 389 g/mol. The number of benzene rings is 1. The summed E-state index contributed by atoms with van der Waals surface area (Å²) in [5.74, 6) is 0.0151. The highest BCUT2D eigenvalue weighted by atomic mass is 35.5. The minimum atomic E-state index is -0.327. The van der Waals surface area contributed by atoms with E-state index in [-0.39, 0.29) is 28.1 Å². The summed E-state index contributed by atoms with van der Waals surface area (Å²) in [6.07, 6.45) is 1.36. The van der Waals surface area contributed by atoms with Crippen molar-refractivity contribution < 1.29 is 14.3 Å². The lowest BCUT2D eigenvalue weighted by Crippen LogP contribution is -2.53. The number of hydrogen-bond donors (Lipinski definition) is 1. The van der Waals surface area contributed by atoms with E-state index in [4.69, 9.17) is 39.5 Å². The van der Waals surface area contributed by atoms with Gasteiger partial charge in [0.15, 0.2) is 0 Å². The molecule has 136 valence electrons. The quantitative estimate of drug-likeness (QED) is 0.817. The number of nitrogens with one attached hydrogen (secondary N) is 1. The number of anilines is 1. The number of piperazine rings is 1. The van der Waals surface area contributed by atoms with Crippen LogP contribution in [-0.4, -0.2) is 60.6 Å². The van der Waals surface area contributed by atoms with Crippen LogP contribution in [0.2, 0.25) is 15.1 Å². The van der Waals surface area contributed by atoms with Crippen molar-refractivity contribution in [1.29, 1.82) is 0 Å². The second kappa shape index (κ2) is 7.99. The standard InChI is InChI=1S/C16H18Cl3N3O3/c17-10-8-11(18)14(12(19)9-10)20-16(24)22-5-3-21(4-6-22)15(23)13-2-1-7-25-13/h8-9,13H,1-7H2,(H,20,24). The molecule has 0 bridgehead atoms. The van der Waals surface area contributed by atoms with Gasteiger partial charge in [-0.15, -0.1) is 0 Å². The number of urea groups is 1. The van der Waals surface area contributed by atoms with Crippen LogP contribution in [0.1, 0.15) is 12.8 Å². The average Bonchev–Trinajstić information content (AvgIpc) is 3.12. The van der Waals surface area contributed by atoms with E-state index in [0.29, 0.717) is 43.5 Å². The highest BCUT2D eigenvalue weighted by molar-refractivity contribution is 6.42. The molecule has 2 heterocycles. The van der Waals surface area contributed by atoms with Gasteiger partial charge in [-0.2, -0.15) is 0 Å². The van der Waals surface area contributed by atoms with Gasteiger partial charge in [-0.1, -0.05) is 34.8 Å². The zero-order chi connectivity index (χ0) is 18.0. The smallest absolute Gasteiger partial charge is 0.322 e. The van der Waals surface area contributed by atoms with Crippen molar-refractivity contribution in [2.45, 2.75) is 18.9 Å². The SMILES string of the molecule is O=C(Nc1c(Cl)cc(Cl)cc1Cl)N1CCN(C(=O)C2CCCO2)CC1. The molecule has 25 heavy (non-hydrogen) atoms. The van der Waals surface area contributed by atoms with E-state index in [2.05, 4.69) is 5.32 Å². The van der Waals surface area contributed by atoms with Gasteiger partial charge in [0, 0.05) is 37.8 Å². The third kappa shape index (κ3) is 4.31. The van der Waals surface area contributed by atoms with Crippen LogP contribution in [0.5, 0.6) is 0 Å². The van der Waals surface area contributed by atoms with E-state index < -0.39 is 0 Å². The van der Waals surface area contributed by atoms with Crippen molar-refractivity contribution in [1.82, 2.24) is 9.80 Å². The van der Waals surface area contributed by atoms with Gasteiger partial charge in [0.1, 0.15) is 6.10 Å². The first-order chi connectivity index (χ1) is 12.0. The summed E-state index contributed by atoms with van der Waals surface area (Å²) in [4.78, 5) is 28.1. The first-order valence-corrected chi connectivity index (χ1v) is 9.20. The van der Waals surface area contributed by atoms with Gasteiger partial charge in [0.2, 0.25) is 0 Å². The molecule has 1 unspecified atom stereocenters. The zero-order valence-electron chi connectivity index (χ0n) is 13.4. The highest BCUT2D eigenvalue weighted by Gasteiger charge is 2.31. The van der Waals surface area contributed by atoms with Gasteiger partial charge in [0.25, 0.3) is 5.91 Å². The Morgan fingerprint density at radius 3 is 2.20 bits per heavy atom. The zero-order valence-corrected chi connectivity index (χ0v) is 15.7. The summed E-state index contributed by atoms with van der Waals surface area (Å²) in [6.45, 7) is 2.48. The molecular formula is C16H18Cl3N3O3. The largest absolute Gasteiger partial charge is 0.368 e. The molecule has 3 amide bonds. The normalized spacial score (nSPS) is 20.7. The van der Waals surface area contributed by atoms with Crippen molar-refractivity contribution in [2.24, 2.45) is 0 Å². The molecule has 1 aromatic rings. The maximum Gasteiger partial charge on any atom is 0.322 e. The monoisotopic (exact) mass is 405 g/mol. The van der Waals surface area contributed by atoms with Crippen LogP contribution in [0, 0.1) is 0 Å². The lowest BCUT2D eigenvalue weighted by Gasteiger charge is -2.35. The van der Waals surface area contributed by atoms with E-state index in [1.807, 2.05) is 0 Å². The molecule has 1 N–H and O–H groups in total. The first-order valence-electron chi connectivity index (χ1n) is 8.06. The fraction of sp³-hybridized carbons (Fsp3) is 0.500. The van der Waals surface area contributed by atoms with Gasteiger partial charge in [-0.3, -0.25) is 4.79 Å². The number of hydrogen-bond acceptors (Lipinski definition) is 3. The lowest BCUT2D eigenvalue weighted by atomic mass is 10.2. The molecule has 0 radical (unpaired) electrons. The minimum absolute atomic E-state index is 0.0151. The molecule has 0 aromatic heterocycles. The summed E-state index contributed by atoms with van der Waals surface area (Å²) in [5, 5.41) is 3.66. The van der Waals surface area contributed by atoms with Crippen molar-refractivity contribution in [3.05, 3.63) is 27.2 Å². The number of carbonyl (C=O) groups is 2. The van der Waals surface area contributed by atoms with Gasteiger partial charge in [0.05, 0.1) is 15.7 Å². The van der Waals surface area contributed by atoms with E-state index in [1.165, 1.54) is 12.1 Å². The predicted octanol–water partition coefficient (Wildman–Crippen LogP) is 3.50. The summed E-state index contributed by atoms with van der Waals surface area (Å²) in [7, 11) is 0.